The highest BCUT2D eigenvalue weighted by atomic mass is 32.2. The van der Waals surface area contributed by atoms with Gasteiger partial charge in [-0.1, -0.05) is 19.3 Å². The number of fused-ring (bicyclic) bond motifs is 5. The molecule has 3 heterocycles. The Morgan fingerprint density at radius 1 is 0.857 bits per heavy atom. The van der Waals surface area contributed by atoms with Gasteiger partial charge in [-0.05, 0) is 25.0 Å². The van der Waals surface area contributed by atoms with Gasteiger partial charge in [0.15, 0.2) is 0 Å². The fourth-order valence-electron chi connectivity index (χ4n) is 4.05. The molecule has 28 heavy (non-hydrogen) atoms. The van der Waals surface area contributed by atoms with Crippen molar-refractivity contribution < 1.29 is 31.1 Å². The number of ether oxygens (including phenoxy) is 1. The SMILES string of the molecule is NC1CC(C(F)(F)F)C2NC1C1NNC(O1)[C@H](C(F)(F)F)CCCCCCS2. The number of rotatable bonds is 0. The van der Waals surface area contributed by atoms with Crippen LogP contribution >= 0.6 is 11.8 Å². The topological polar surface area (TPSA) is 71.3 Å². The Morgan fingerprint density at radius 3 is 2.18 bits per heavy atom. The lowest BCUT2D eigenvalue weighted by molar-refractivity contribution is -0.213. The molecule has 0 radical (unpaired) electrons. The van der Waals surface area contributed by atoms with Gasteiger partial charge in [0.25, 0.3) is 0 Å². The number of hydrazine groups is 1. The maximum atomic E-state index is 13.5. The molecular weight excluding hydrogens is 410 g/mol. The Morgan fingerprint density at radius 2 is 1.50 bits per heavy atom. The van der Waals surface area contributed by atoms with E-state index in [4.69, 9.17) is 10.5 Å². The first kappa shape index (κ1) is 22.4. The maximum Gasteiger partial charge on any atom is 0.395 e. The molecular formula is C16H26F6N4OS. The van der Waals surface area contributed by atoms with Crippen LogP contribution in [-0.4, -0.2) is 48.0 Å². The molecule has 5 N–H and O–H groups in total. The van der Waals surface area contributed by atoms with E-state index in [0.717, 1.165) is 0 Å². The first-order valence-electron chi connectivity index (χ1n) is 9.50. The molecule has 164 valence electrons. The van der Waals surface area contributed by atoms with Gasteiger partial charge in [-0.2, -0.15) is 26.3 Å². The van der Waals surface area contributed by atoms with Gasteiger partial charge in [-0.25, -0.2) is 10.9 Å². The van der Waals surface area contributed by atoms with Crippen molar-refractivity contribution in [1.82, 2.24) is 16.2 Å². The molecule has 6 unspecified atom stereocenters. The number of nitrogens with one attached hydrogen (secondary N) is 3. The van der Waals surface area contributed by atoms with Crippen molar-refractivity contribution in [2.24, 2.45) is 17.6 Å². The fraction of sp³-hybridized carbons (Fsp3) is 1.00. The quantitative estimate of drug-likeness (QED) is 0.438. The predicted octanol–water partition coefficient (Wildman–Crippen LogP) is 2.83. The molecule has 3 rings (SSSR count). The maximum absolute atomic E-state index is 13.5. The summed E-state index contributed by atoms with van der Waals surface area (Å²) in [6.45, 7) is 0. The van der Waals surface area contributed by atoms with E-state index in [0.29, 0.717) is 31.4 Å². The zero-order chi connectivity index (χ0) is 20.5. The second-order valence-corrected chi connectivity index (χ2v) is 8.90. The highest BCUT2D eigenvalue weighted by Crippen LogP contribution is 2.41. The molecule has 0 aromatic rings. The highest BCUT2D eigenvalue weighted by Gasteiger charge is 2.53. The molecule has 3 aliphatic heterocycles. The van der Waals surface area contributed by atoms with Crippen LogP contribution in [0.15, 0.2) is 0 Å². The summed E-state index contributed by atoms with van der Waals surface area (Å²) < 4.78 is 86.3. The average molecular weight is 436 g/mol. The minimum absolute atomic E-state index is 0.0639. The molecule has 0 aromatic heterocycles. The van der Waals surface area contributed by atoms with Crippen LogP contribution in [0.5, 0.6) is 0 Å². The number of nitrogens with two attached hydrogens (primary N) is 1. The first-order valence-corrected chi connectivity index (χ1v) is 10.6. The summed E-state index contributed by atoms with van der Waals surface area (Å²) in [7, 11) is 0. The van der Waals surface area contributed by atoms with E-state index in [2.05, 4.69) is 16.2 Å². The van der Waals surface area contributed by atoms with E-state index in [-0.39, 0.29) is 12.8 Å². The van der Waals surface area contributed by atoms with Gasteiger partial charge in [-0.15, -0.1) is 11.8 Å². The van der Waals surface area contributed by atoms with E-state index in [9.17, 15) is 26.3 Å². The van der Waals surface area contributed by atoms with Crippen LogP contribution in [0.3, 0.4) is 0 Å². The molecule has 3 saturated heterocycles. The van der Waals surface area contributed by atoms with Crippen LogP contribution in [-0.2, 0) is 4.74 Å². The number of hydrogen-bond acceptors (Lipinski definition) is 6. The number of alkyl halides is 6. The zero-order valence-corrected chi connectivity index (χ0v) is 16.0. The van der Waals surface area contributed by atoms with Crippen LogP contribution in [0.2, 0.25) is 0 Å². The smallest absolute Gasteiger partial charge is 0.340 e. The Balaban J connectivity index is 1.78. The molecule has 0 saturated carbocycles. The van der Waals surface area contributed by atoms with Gasteiger partial charge in [0.1, 0.15) is 12.5 Å². The van der Waals surface area contributed by atoms with Gasteiger partial charge in [-0.3, -0.25) is 5.32 Å². The Labute approximate surface area is 163 Å². The largest absolute Gasteiger partial charge is 0.395 e. The molecule has 0 aromatic carbocycles. The van der Waals surface area contributed by atoms with Gasteiger partial charge in [0, 0.05) is 6.04 Å². The third kappa shape index (κ3) is 5.25. The lowest BCUT2D eigenvalue weighted by atomic mass is 9.89. The molecule has 3 aliphatic rings. The van der Waals surface area contributed by atoms with Gasteiger partial charge >= 0.3 is 12.4 Å². The van der Waals surface area contributed by atoms with Crippen molar-refractivity contribution in [2.75, 3.05) is 5.75 Å². The minimum Gasteiger partial charge on any atom is -0.340 e. The summed E-state index contributed by atoms with van der Waals surface area (Å²) in [5, 5.41) is 2.00. The second-order valence-electron chi connectivity index (χ2n) is 7.65. The van der Waals surface area contributed by atoms with Crippen LogP contribution in [0.4, 0.5) is 26.3 Å². The number of thioether (sulfide) groups is 1. The fourth-order valence-corrected chi connectivity index (χ4v) is 5.43. The summed E-state index contributed by atoms with van der Waals surface area (Å²) in [5.41, 5.74) is 11.2. The van der Waals surface area contributed by atoms with Crippen molar-refractivity contribution in [1.29, 1.82) is 0 Å². The van der Waals surface area contributed by atoms with Crippen molar-refractivity contribution >= 4 is 11.8 Å². The van der Waals surface area contributed by atoms with E-state index >= 15 is 0 Å². The Kier molecular flexibility index (Phi) is 7.08. The lowest BCUT2D eigenvalue weighted by Gasteiger charge is -2.43. The van der Waals surface area contributed by atoms with Gasteiger partial charge in [0.2, 0.25) is 0 Å². The summed E-state index contributed by atoms with van der Waals surface area (Å²) in [4.78, 5) is 0. The van der Waals surface area contributed by atoms with E-state index in [1.807, 2.05) is 0 Å². The monoisotopic (exact) mass is 436 g/mol. The second kappa shape index (κ2) is 8.84. The third-order valence-corrected chi connectivity index (χ3v) is 6.96. The average Bonchev–Trinajstić information content (AvgIpc) is 3.04. The number of halogens is 6. The highest BCUT2D eigenvalue weighted by molar-refractivity contribution is 7.99. The zero-order valence-electron chi connectivity index (χ0n) is 15.2. The van der Waals surface area contributed by atoms with Crippen LogP contribution in [0, 0.1) is 11.8 Å². The van der Waals surface area contributed by atoms with Crippen LogP contribution < -0.4 is 21.9 Å². The predicted molar refractivity (Wildman–Crippen MR) is 92.9 cm³/mol. The van der Waals surface area contributed by atoms with Gasteiger partial charge < -0.3 is 10.5 Å². The molecule has 7 atom stereocenters. The number of piperidine rings is 1. The molecule has 3 fully saturated rings. The third-order valence-electron chi connectivity index (χ3n) is 5.61. The Hall–Kier alpha value is -0.270. The Bertz CT molecular complexity index is 522. The molecule has 0 amide bonds. The molecule has 12 heteroatoms. The van der Waals surface area contributed by atoms with Crippen LogP contribution in [0.1, 0.15) is 38.5 Å². The van der Waals surface area contributed by atoms with Gasteiger partial charge in [0.05, 0.1) is 23.3 Å². The van der Waals surface area contributed by atoms with Crippen LogP contribution in [0.25, 0.3) is 0 Å². The van der Waals surface area contributed by atoms with Crippen molar-refractivity contribution in [3.8, 4) is 0 Å². The lowest BCUT2D eigenvalue weighted by Crippen LogP contribution is -2.65. The van der Waals surface area contributed by atoms with E-state index in [1.165, 1.54) is 11.8 Å². The first-order chi connectivity index (χ1) is 13.1. The summed E-state index contributed by atoms with van der Waals surface area (Å²) in [6.07, 6.45) is -9.10. The minimum atomic E-state index is -4.44. The van der Waals surface area contributed by atoms with Crippen molar-refractivity contribution in [3.05, 3.63) is 0 Å². The summed E-state index contributed by atoms with van der Waals surface area (Å²) in [6, 6.07) is -1.64. The number of hydrogen-bond donors (Lipinski definition) is 4. The van der Waals surface area contributed by atoms with E-state index in [1.54, 1.807) is 0 Å². The molecule has 0 aliphatic carbocycles. The van der Waals surface area contributed by atoms with Crippen molar-refractivity contribution in [3.63, 3.8) is 0 Å². The standard InChI is InChI=1S/C16H26F6N4OS/c17-15(18,19)8-5-3-1-2-4-6-28-14-9(16(20,21)22)7-10(23)11(24-14)13-26-25-12(8)27-13/h8-14,24-26H,1-7,23H2/t8-,9?,10?,11?,12?,13?,14?/m1/s1. The molecule has 0 spiro atoms. The van der Waals surface area contributed by atoms with Crippen molar-refractivity contribution in [2.45, 2.75) is 80.8 Å². The summed E-state index contributed by atoms with van der Waals surface area (Å²) in [5.74, 6) is -2.79. The normalized spacial score (nSPS) is 41.5. The molecule has 4 bridgehead atoms. The molecule has 5 nitrogen and oxygen atoms in total. The van der Waals surface area contributed by atoms with E-state index < -0.39 is 54.1 Å². The summed E-state index contributed by atoms with van der Waals surface area (Å²) >= 11 is 1.20.